The highest BCUT2D eigenvalue weighted by Gasteiger charge is 2.28. The molecule has 1 heterocycles. The van der Waals surface area contributed by atoms with Gasteiger partial charge in [0.1, 0.15) is 18.1 Å². The van der Waals surface area contributed by atoms with E-state index in [2.05, 4.69) is 0 Å². The molecular formula is C25H21ClO6. The van der Waals surface area contributed by atoms with Gasteiger partial charge in [-0.05, 0) is 53.6 Å². The van der Waals surface area contributed by atoms with Crippen molar-refractivity contribution < 1.29 is 28.5 Å². The third-order valence-electron chi connectivity index (χ3n) is 4.92. The summed E-state index contributed by atoms with van der Waals surface area (Å²) in [7, 11) is 4.60. The average molecular weight is 453 g/mol. The summed E-state index contributed by atoms with van der Waals surface area (Å²) < 4.78 is 27.8. The van der Waals surface area contributed by atoms with Crippen molar-refractivity contribution in [1.29, 1.82) is 0 Å². The molecule has 0 radical (unpaired) electrons. The molecule has 0 saturated carbocycles. The Bertz CT molecular complexity index is 1180. The van der Waals surface area contributed by atoms with E-state index in [1.807, 2.05) is 24.3 Å². The van der Waals surface area contributed by atoms with Crippen LogP contribution in [0.2, 0.25) is 5.02 Å². The quantitative estimate of drug-likeness (QED) is 0.437. The Morgan fingerprint density at radius 3 is 2.34 bits per heavy atom. The van der Waals surface area contributed by atoms with Crippen LogP contribution < -0.4 is 23.7 Å². The van der Waals surface area contributed by atoms with Gasteiger partial charge in [0.2, 0.25) is 11.5 Å². The zero-order valence-corrected chi connectivity index (χ0v) is 18.6. The number of carbonyl (C=O) groups is 1. The largest absolute Gasteiger partial charge is 0.493 e. The normalized spacial score (nSPS) is 13.5. The summed E-state index contributed by atoms with van der Waals surface area (Å²) in [5.41, 5.74) is 2.09. The zero-order chi connectivity index (χ0) is 22.7. The van der Waals surface area contributed by atoms with E-state index in [0.29, 0.717) is 51.5 Å². The molecule has 0 spiro atoms. The maximum Gasteiger partial charge on any atom is 0.231 e. The fourth-order valence-electron chi connectivity index (χ4n) is 3.39. The Kier molecular flexibility index (Phi) is 6.23. The summed E-state index contributed by atoms with van der Waals surface area (Å²) >= 11 is 6.01. The van der Waals surface area contributed by atoms with Gasteiger partial charge in [0, 0.05) is 11.1 Å². The van der Waals surface area contributed by atoms with E-state index in [4.69, 9.17) is 35.3 Å². The second-order valence-corrected chi connectivity index (χ2v) is 7.41. The van der Waals surface area contributed by atoms with E-state index in [9.17, 15) is 4.79 Å². The summed E-state index contributed by atoms with van der Waals surface area (Å²) in [5.74, 6) is 2.46. The van der Waals surface area contributed by atoms with E-state index < -0.39 is 0 Å². The fourth-order valence-corrected chi connectivity index (χ4v) is 3.60. The molecule has 164 valence electrons. The lowest BCUT2D eigenvalue weighted by Gasteiger charge is -2.13. The van der Waals surface area contributed by atoms with Gasteiger partial charge in [-0.2, -0.15) is 0 Å². The van der Waals surface area contributed by atoms with Gasteiger partial charge >= 0.3 is 0 Å². The van der Waals surface area contributed by atoms with Crippen LogP contribution in [0.3, 0.4) is 0 Å². The number of methoxy groups -OCH3 is 3. The number of hydrogen-bond acceptors (Lipinski definition) is 6. The first-order chi connectivity index (χ1) is 15.5. The molecule has 4 rings (SSSR count). The highest BCUT2D eigenvalue weighted by Crippen LogP contribution is 2.40. The number of hydrogen-bond donors (Lipinski definition) is 0. The second kappa shape index (κ2) is 9.24. The molecule has 0 aliphatic carbocycles. The Hall–Kier alpha value is -3.64. The number of rotatable bonds is 7. The van der Waals surface area contributed by atoms with Gasteiger partial charge in [-0.15, -0.1) is 0 Å². The van der Waals surface area contributed by atoms with Gasteiger partial charge in [0.05, 0.1) is 26.9 Å². The minimum absolute atomic E-state index is 0.196. The summed E-state index contributed by atoms with van der Waals surface area (Å²) in [6.45, 7) is 0.349. The number of ketones is 1. The van der Waals surface area contributed by atoms with E-state index in [1.54, 1.807) is 36.4 Å². The molecular weight excluding hydrogens is 432 g/mol. The Morgan fingerprint density at radius 2 is 1.69 bits per heavy atom. The van der Waals surface area contributed by atoms with Gasteiger partial charge in [-0.3, -0.25) is 4.79 Å². The molecule has 0 fully saturated rings. The maximum absolute atomic E-state index is 12.8. The number of carbonyl (C=O) groups excluding carboxylic acids is 1. The predicted octanol–water partition coefficient (Wildman–Crippen LogP) is 5.56. The molecule has 0 unspecified atom stereocenters. The van der Waals surface area contributed by atoms with Crippen molar-refractivity contribution in [3.8, 4) is 28.7 Å². The number of benzene rings is 3. The molecule has 0 atom stereocenters. The first-order valence-electron chi connectivity index (χ1n) is 9.78. The van der Waals surface area contributed by atoms with Crippen LogP contribution in [0, 0.1) is 0 Å². The molecule has 1 aliphatic rings. The summed E-state index contributed by atoms with van der Waals surface area (Å²) in [4.78, 5) is 12.8. The Morgan fingerprint density at radius 1 is 0.938 bits per heavy atom. The lowest BCUT2D eigenvalue weighted by molar-refractivity contribution is 0.101. The molecule has 32 heavy (non-hydrogen) atoms. The number of fused-ring (bicyclic) bond motifs is 1. The van der Waals surface area contributed by atoms with Crippen molar-refractivity contribution >= 4 is 23.5 Å². The number of ether oxygens (including phenoxy) is 5. The SMILES string of the molecule is COc1cc(/C=C2\Oc3cc(OCc4cccc(Cl)c4)ccc3C2=O)cc(OC)c1OC. The monoisotopic (exact) mass is 452 g/mol. The van der Waals surface area contributed by atoms with Gasteiger partial charge in [-0.25, -0.2) is 0 Å². The van der Waals surface area contributed by atoms with Gasteiger partial charge < -0.3 is 23.7 Å². The summed E-state index contributed by atoms with van der Waals surface area (Å²) in [6.07, 6.45) is 1.64. The van der Waals surface area contributed by atoms with Crippen LogP contribution in [-0.4, -0.2) is 27.1 Å². The highest BCUT2D eigenvalue weighted by molar-refractivity contribution is 6.30. The smallest absolute Gasteiger partial charge is 0.231 e. The Labute approximate surface area is 190 Å². The summed E-state index contributed by atoms with van der Waals surface area (Å²) in [5, 5.41) is 0.649. The van der Waals surface area contributed by atoms with E-state index in [-0.39, 0.29) is 11.5 Å². The number of halogens is 1. The van der Waals surface area contributed by atoms with Crippen LogP contribution >= 0.6 is 11.6 Å². The lowest BCUT2D eigenvalue weighted by atomic mass is 10.1. The molecule has 7 heteroatoms. The van der Waals surface area contributed by atoms with E-state index in [1.165, 1.54) is 21.3 Å². The molecule has 0 saturated heterocycles. The third kappa shape index (κ3) is 4.36. The first kappa shape index (κ1) is 21.6. The standard InChI is InChI=1S/C25H21ClO6/c1-28-22-11-16(12-23(29-2)25(22)30-3)10-21-24(27)19-8-7-18(13-20(19)32-21)31-14-15-5-4-6-17(26)9-15/h4-13H,14H2,1-3H3/b21-10-. The zero-order valence-electron chi connectivity index (χ0n) is 17.8. The van der Waals surface area contributed by atoms with Crippen molar-refractivity contribution in [3.05, 3.63) is 82.1 Å². The molecule has 3 aromatic rings. The van der Waals surface area contributed by atoms with Crippen LogP contribution in [0.1, 0.15) is 21.5 Å². The van der Waals surface area contributed by atoms with Gasteiger partial charge in [0.15, 0.2) is 17.3 Å². The van der Waals surface area contributed by atoms with Gasteiger partial charge in [0.25, 0.3) is 0 Å². The number of allylic oxidation sites excluding steroid dienone is 1. The minimum Gasteiger partial charge on any atom is -0.493 e. The van der Waals surface area contributed by atoms with Crippen LogP contribution in [0.15, 0.2) is 60.4 Å². The maximum atomic E-state index is 12.8. The molecule has 0 bridgehead atoms. The van der Waals surface area contributed by atoms with Crippen molar-refractivity contribution in [2.24, 2.45) is 0 Å². The van der Waals surface area contributed by atoms with Crippen molar-refractivity contribution in [3.63, 3.8) is 0 Å². The second-order valence-electron chi connectivity index (χ2n) is 6.98. The van der Waals surface area contributed by atoms with Crippen LogP contribution in [0.25, 0.3) is 6.08 Å². The first-order valence-corrected chi connectivity index (χ1v) is 10.2. The summed E-state index contributed by atoms with van der Waals surface area (Å²) in [6, 6.07) is 16.1. The van der Waals surface area contributed by atoms with Gasteiger partial charge in [-0.1, -0.05) is 23.7 Å². The highest BCUT2D eigenvalue weighted by atomic mass is 35.5. The predicted molar refractivity (Wildman–Crippen MR) is 121 cm³/mol. The van der Waals surface area contributed by atoms with Crippen LogP contribution in [-0.2, 0) is 6.61 Å². The van der Waals surface area contributed by atoms with Crippen molar-refractivity contribution in [1.82, 2.24) is 0 Å². The molecule has 6 nitrogen and oxygen atoms in total. The minimum atomic E-state index is -0.213. The van der Waals surface area contributed by atoms with E-state index in [0.717, 1.165) is 5.56 Å². The van der Waals surface area contributed by atoms with Crippen molar-refractivity contribution in [2.45, 2.75) is 6.61 Å². The van der Waals surface area contributed by atoms with Crippen molar-refractivity contribution in [2.75, 3.05) is 21.3 Å². The van der Waals surface area contributed by atoms with E-state index >= 15 is 0 Å². The number of Topliss-reactive ketones (excluding diaryl/α,β-unsaturated/α-hetero) is 1. The topological polar surface area (TPSA) is 63.2 Å². The molecule has 0 amide bonds. The third-order valence-corrected chi connectivity index (χ3v) is 5.16. The van der Waals surface area contributed by atoms with Crippen LogP contribution in [0.5, 0.6) is 28.7 Å². The average Bonchev–Trinajstić information content (AvgIpc) is 3.11. The fraction of sp³-hybridized carbons (Fsp3) is 0.160. The lowest BCUT2D eigenvalue weighted by Crippen LogP contribution is -1.99. The Balaban J connectivity index is 1.56. The molecule has 0 N–H and O–H groups in total. The molecule has 1 aliphatic heterocycles. The molecule has 0 aromatic heterocycles. The van der Waals surface area contributed by atoms with Crippen LogP contribution in [0.4, 0.5) is 0 Å². The molecule has 3 aromatic carbocycles.